The van der Waals surface area contributed by atoms with Crippen molar-refractivity contribution in [2.24, 2.45) is 0 Å². The van der Waals surface area contributed by atoms with Crippen LogP contribution in [-0.4, -0.2) is 23.4 Å². The number of hydrogen-bond donors (Lipinski definition) is 0. The van der Waals surface area contributed by atoms with Crippen molar-refractivity contribution in [3.8, 4) is 0 Å². The maximum Gasteiger partial charge on any atom is 2.00 e. The van der Waals surface area contributed by atoms with Crippen LogP contribution in [0, 0.1) is 0 Å². The zero-order chi connectivity index (χ0) is 6.85. The van der Waals surface area contributed by atoms with E-state index in [9.17, 15) is 14.7 Å². The fourth-order valence-electron chi connectivity index (χ4n) is 0.841. The third-order valence-electron chi connectivity index (χ3n) is 1.29. The summed E-state index contributed by atoms with van der Waals surface area (Å²) in [6, 6.07) is 0. The molecule has 0 radical (unpaired) electrons. The summed E-state index contributed by atoms with van der Waals surface area (Å²) in [7, 11) is 0. The zero-order valence-corrected chi connectivity index (χ0v) is 8.47. The minimum atomic E-state index is -1.38. The predicted octanol–water partition coefficient (Wildman–Crippen LogP) is -1.05. The molecule has 1 saturated heterocycles. The summed E-state index contributed by atoms with van der Waals surface area (Å²) in [6.07, 6.45) is -0.404. The van der Waals surface area contributed by atoms with Gasteiger partial charge >= 0.3 is 19.5 Å². The summed E-state index contributed by atoms with van der Waals surface area (Å²) in [4.78, 5) is 21.3. The van der Waals surface area contributed by atoms with Crippen molar-refractivity contribution in [3.05, 3.63) is 0 Å². The number of hydrogen-bond acceptors (Lipinski definition) is 3. The first-order valence-corrected chi connectivity index (χ1v) is 2.73. The van der Waals surface area contributed by atoms with Crippen molar-refractivity contribution in [1.82, 2.24) is 4.90 Å². The van der Waals surface area contributed by atoms with Gasteiger partial charge in [0.2, 0.25) is 5.91 Å². The van der Waals surface area contributed by atoms with Crippen LogP contribution in [0.2, 0.25) is 0 Å². The third kappa shape index (κ3) is 1.77. The third-order valence-corrected chi connectivity index (χ3v) is 1.29. The van der Waals surface area contributed by atoms with Gasteiger partial charge in [0.05, 0.1) is 0 Å². The van der Waals surface area contributed by atoms with E-state index in [4.69, 9.17) is 0 Å². The molecule has 0 aromatic heterocycles. The summed E-state index contributed by atoms with van der Waals surface area (Å²) in [5.74, 6) is -0.338. The number of carbonyl (C=O) groups is 2. The molecule has 0 bridgehead atoms. The van der Waals surface area contributed by atoms with Crippen LogP contribution in [0.15, 0.2) is 0 Å². The van der Waals surface area contributed by atoms with Gasteiger partial charge in [-0.25, -0.2) is 0 Å². The number of likely N-dealkylation sites (tertiary alicyclic amines) is 1. The fourth-order valence-corrected chi connectivity index (χ4v) is 0.841. The smallest absolute Gasteiger partial charge is 0.530 e. The first-order chi connectivity index (χ1) is 4.22. The van der Waals surface area contributed by atoms with Gasteiger partial charge in [-0.15, -0.1) is 0 Å². The van der Waals surface area contributed by atoms with Crippen molar-refractivity contribution in [1.29, 1.82) is 0 Å². The Morgan fingerprint density at radius 3 is 2.40 bits per heavy atom. The molecule has 1 rings (SSSR count). The molecule has 1 aliphatic heterocycles. The average Bonchev–Trinajstić information content (AvgIpc) is 2.13. The molecule has 1 fully saturated rings. The van der Waals surface area contributed by atoms with E-state index in [-0.39, 0.29) is 25.4 Å². The largest absolute Gasteiger partial charge is 2.00 e. The molecule has 2 amide bonds. The Labute approximate surface area is 71.0 Å². The Hall–Kier alpha value is -0.437. The van der Waals surface area contributed by atoms with Crippen molar-refractivity contribution < 1.29 is 34.2 Å². The Bertz CT molecular complexity index is 159. The summed E-state index contributed by atoms with van der Waals surface area (Å²) in [6.45, 7) is 0.307. The van der Waals surface area contributed by atoms with Gasteiger partial charge in [-0.2, -0.15) is 0 Å². The van der Waals surface area contributed by atoms with E-state index in [1.807, 2.05) is 0 Å². The van der Waals surface area contributed by atoms with Gasteiger partial charge < -0.3 is 9.90 Å². The Kier molecular flexibility index (Phi) is 3.50. The molecule has 0 N–H and O–H groups in total. The number of imide groups is 1. The topological polar surface area (TPSA) is 60.4 Å². The van der Waals surface area contributed by atoms with Crippen LogP contribution in [0.1, 0.15) is 12.8 Å². The van der Waals surface area contributed by atoms with Crippen LogP contribution in [0.4, 0.5) is 4.79 Å². The van der Waals surface area contributed by atoms with E-state index in [0.717, 1.165) is 4.90 Å². The van der Waals surface area contributed by atoms with Gasteiger partial charge in [0.25, 0.3) is 0 Å². The second kappa shape index (κ2) is 3.66. The summed E-state index contributed by atoms with van der Waals surface area (Å²) in [5.41, 5.74) is 0. The SMILES string of the molecule is O=C([O-])N1CCCC1=O.[Zn+2]. The molecule has 4 nitrogen and oxygen atoms in total. The van der Waals surface area contributed by atoms with Gasteiger partial charge in [-0.05, 0) is 6.42 Å². The molecule has 1 aliphatic rings. The summed E-state index contributed by atoms with van der Waals surface area (Å²) >= 11 is 0. The van der Waals surface area contributed by atoms with E-state index in [2.05, 4.69) is 0 Å². The molecule has 10 heavy (non-hydrogen) atoms. The van der Waals surface area contributed by atoms with E-state index in [1.54, 1.807) is 0 Å². The fraction of sp³-hybridized carbons (Fsp3) is 0.600. The quantitative estimate of drug-likeness (QED) is 0.461. The second-order valence-corrected chi connectivity index (χ2v) is 1.91. The number of nitrogens with zero attached hydrogens (tertiary/aromatic N) is 1. The van der Waals surface area contributed by atoms with E-state index >= 15 is 0 Å². The summed E-state index contributed by atoms with van der Waals surface area (Å²) in [5, 5.41) is 10.0. The second-order valence-electron chi connectivity index (χ2n) is 1.91. The molecule has 0 aromatic rings. The molecule has 0 spiro atoms. The predicted molar refractivity (Wildman–Crippen MR) is 26.3 cm³/mol. The minimum absolute atomic E-state index is 0. The van der Waals surface area contributed by atoms with Crippen LogP contribution in [0.3, 0.4) is 0 Å². The van der Waals surface area contributed by atoms with Gasteiger partial charge in [-0.3, -0.25) is 9.69 Å². The number of carbonyl (C=O) groups excluding carboxylic acids is 2. The van der Waals surface area contributed by atoms with Gasteiger partial charge in [0, 0.05) is 13.0 Å². The van der Waals surface area contributed by atoms with Crippen molar-refractivity contribution >= 4 is 12.0 Å². The Morgan fingerprint density at radius 2 is 2.20 bits per heavy atom. The monoisotopic (exact) mass is 192 g/mol. The molecule has 0 atom stereocenters. The van der Waals surface area contributed by atoms with Gasteiger partial charge in [0.15, 0.2) is 0 Å². The number of rotatable bonds is 0. The molecule has 0 aromatic carbocycles. The van der Waals surface area contributed by atoms with E-state index in [1.165, 1.54) is 0 Å². The van der Waals surface area contributed by atoms with E-state index in [0.29, 0.717) is 19.4 Å². The van der Waals surface area contributed by atoms with Gasteiger partial charge in [0.1, 0.15) is 6.09 Å². The molecule has 0 unspecified atom stereocenters. The molecule has 0 saturated carbocycles. The number of amides is 2. The van der Waals surface area contributed by atoms with Crippen molar-refractivity contribution in [2.45, 2.75) is 12.8 Å². The molecule has 1 heterocycles. The maximum absolute atomic E-state index is 10.5. The van der Waals surface area contributed by atoms with E-state index < -0.39 is 6.09 Å². The molecule has 50 valence electrons. The first-order valence-electron chi connectivity index (χ1n) is 2.73. The first kappa shape index (κ1) is 9.56. The van der Waals surface area contributed by atoms with Crippen molar-refractivity contribution in [3.63, 3.8) is 0 Å². The Morgan fingerprint density at radius 1 is 1.60 bits per heavy atom. The standard InChI is InChI=1S/C5H7NO3.Zn/c7-4-2-1-3-6(4)5(8)9;/h1-3H2,(H,8,9);/q;+2/p-1. The zero-order valence-electron chi connectivity index (χ0n) is 5.50. The van der Waals surface area contributed by atoms with Gasteiger partial charge in [-0.1, -0.05) is 0 Å². The van der Waals surface area contributed by atoms with Crippen LogP contribution in [0.5, 0.6) is 0 Å². The Balaban J connectivity index is 0.000000810. The van der Waals surface area contributed by atoms with Crippen LogP contribution >= 0.6 is 0 Å². The maximum atomic E-state index is 10.5. The normalized spacial score (nSPS) is 16.8. The number of carboxylic acid groups (broad SMARTS) is 1. The van der Waals surface area contributed by atoms with Crippen LogP contribution in [-0.2, 0) is 24.3 Å². The average molecular weight is 193 g/mol. The van der Waals surface area contributed by atoms with Crippen LogP contribution in [0.25, 0.3) is 0 Å². The molecule has 0 aliphatic carbocycles. The molecule has 5 heteroatoms. The van der Waals surface area contributed by atoms with Crippen LogP contribution < -0.4 is 5.11 Å². The summed E-state index contributed by atoms with van der Waals surface area (Å²) < 4.78 is 0. The molecular weight excluding hydrogens is 187 g/mol. The minimum Gasteiger partial charge on any atom is -0.530 e. The molecular formula is C5H6NO3Zn+. The van der Waals surface area contributed by atoms with Crippen molar-refractivity contribution in [2.75, 3.05) is 6.54 Å².